The van der Waals surface area contributed by atoms with Gasteiger partial charge in [-0.15, -0.1) is 0 Å². The molecule has 0 unspecified atom stereocenters. The maximum absolute atomic E-state index is 2.45. The first-order chi connectivity index (χ1) is 35.2. The molecule has 0 N–H and O–H groups in total. The number of anilines is 6. The molecule has 0 aliphatic heterocycles. The van der Waals surface area contributed by atoms with Crippen molar-refractivity contribution < 1.29 is 0 Å². The van der Waals surface area contributed by atoms with Crippen molar-refractivity contribution in [2.45, 2.75) is 38.5 Å². The summed E-state index contributed by atoms with van der Waals surface area (Å²) in [5.41, 5.74) is 22.1. The summed E-state index contributed by atoms with van der Waals surface area (Å²) in [4.78, 5) is 4.83. The first-order valence-corrected chi connectivity index (χ1v) is 25.2. The van der Waals surface area contributed by atoms with Crippen LogP contribution in [0, 0.1) is 0 Å². The third kappa shape index (κ3) is 7.25. The van der Waals surface area contributed by atoms with Gasteiger partial charge in [0.05, 0.1) is 5.69 Å². The number of rotatable bonds is 9. The number of hydrogen-bond acceptors (Lipinski definition) is 2. The van der Waals surface area contributed by atoms with Crippen LogP contribution >= 0.6 is 0 Å². The van der Waals surface area contributed by atoms with Gasteiger partial charge in [0, 0.05) is 44.7 Å². The second-order valence-electron chi connectivity index (χ2n) is 20.6. The first-order valence-electron chi connectivity index (χ1n) is 25.2. The first kappa shape index (κ1) is 43.3. The van der Waals surface area contributed by atoms with E-state index < -0.39 is 0 Å². The Kier molecular flexibility index (Phi) is 10.2. The van der Waals surface area contributed by atoms with Crippen molar-refractivity contribution in [1.29, 1.82) is 0 Å². The lowest BCUT2D eigenvalue weighted by atomic mass is 9.82. The van der Waals surface area contributed by atoms with Crippen molar-refractivity contribution in [3.8, 4) is 33.4 Å². The standard InChI is InChI=1S/C70H54N2/c1-69(2)64-21-11-9-19-60(64)62-42-40-57(45-66(62)69)71(58-41-43-63-61-20-10-12-22-65(61)70(3,4)67(63)46-58)54-37-32-51(33-38-54)50-30-26-47(27-31-50)24-25-48-28-35-55(36-29-48)72(56-39-34-49-14-5-6-16-53(49)44-56)68-23-13-17-52-15-7-8-18-59(52)68/h5-46H,1-4H3. The summed E-state index contributed by atoms with van der Waals surface area (Å²) >= 11 is 0. The van der Waals surface area contributed by atoms with E-state index in [1.807, 2.05) is 0 Å². The highest BCUT2D eigenvalue weighted by molar-refractivity contribution is 6.00. The molecule has 11 aromatic carbocycles. The van der Waals surface area contributed by atoms with Crippen molar-refractivity contribution in [1.82, 2.24) is 0 Å². The van der Waals surface area contributed by atoms with Crippen molar-refractivity contribution >= 4 is 67.8 Å². The van der Waals surface area contributed by atoms with Crippen LogP contribution in [0.4, 0.5) is 34.1 Å². The van der Waals surface area contributed by atoms with Crippen molar-refractivity contribution in [3.05, 3.63) is 276 Å². The Balaban J connectivity index is 0.787. The largest absolute Gasteiger partial charge is 0.310 e. The molecule has 2 aliphatic rings. The minimum atomic E-state index is -0.107. The monoisotopic (exact) mass is 922 g/mol. The highest BCUT2D eigenvalue weighted by Crippen LogP contribution is 2.53. The topological polar surface area (TPSA) is 6.48 Å². The molecule has 0 saturated heterocycles. The lowest BCUT2D eigenvalue weighted by molar-refractivity contribution is 0.660. The van der Waals surface area contributed by atoms with Gasteiger partial charge in [0.25, 0.3) is 0 Å². The molecule has 0 amide bonds. The fourth-order valence-corrected chi connectivity index (χ4v) is 11.8. The Morgan fingerprint density at radius 2 is 0.708 bits per heavy atom. The van der Waals surface area contributed by atoms with E-state index in [2.05, 4.69) is 292 Å². The molecular weight excluding hydrogens is 869 g/mol. The van der Waals surface area contributed by atoms with E-state index in [4.69, 9.17) is 0 Å². The lowest BCUT2D eigenvalue weighted by Crippen LogP contribution is -2.18. The fourth-order valence-electron chi connectivity index (χ4n) is 11.8. The fraction of sp³-hybridized carbons (Fsp3) is 0.0857. The van der Waals surface area contributed by atoms with Crippen molar-refractivity contribution in [2.75, 3.05) is 9.80 Å². The van der Waals surface area contributed by atoms with Gasteiger partial charge in [-0.1, -0.05) is 216 Å². The van der Waals surface area contributed by atoms with Crippen LogP contribution in [0.2, 0.25) is 0 Å². The van der Waals surface area contributed by atoms with Crippen LogP contribution in [0.5, 0.6) is 0 Å². The quantitative estimate of drug-likeness (QED) is 0.133. The Bertz CT molecular complexity index is 3800. The van der Waals surface area contributed by atoms with Crippen molar-refractivity contribution in [2.24, 2.45) is 0 Å². The average Bonchev–Trinajstić information content (AvgIpc) is 3.80. The third-order valence-corrected chi connectivity index (χ3v) is 15.6. The molecule has 2 heteroatoms. The highest BCUT2D eigenvalue weighted by Gasteiger charge is 2.37. The van der Waals surface area contributed by atoms with Crippen LogP contribution < -0.4 is 9.80 Å². The van der Waals surface area contributed by atoms with Crippen LogP contribution in [0.1, 0.15) is 61.1 Å². The summed E-state index contributed by atoms with van der Waals surface area (Å²) in [7, 11) is 0. The number of fused-ring (bicyclic) bond motifs is 8. The van der Waals surface area contributed by atoms with Crippen LogP contribution in [-0.2, 0) is 10.8 Å². The van der Waals surface area contributed by atoms with Gasteiger partial charge in [-0.05, 0) is 150 Å². The lowest BCUT2D eigenvalue weighted by Gasteiger charge is -2.30. The summed E-state index contributed by atoms with van der Waals surface area (Å²) in [5, 5.41) is 4.89. The molecule has 0 fully saturated rings. The second-order valence-corrected chi connectivity index (χ2v) is 20.6. The molecule has 0 aromatic heterocycles. The van der Waals surface area contributed by atoms with Crippen molar-refractivity contribution in [3.63, 3.8) is 0 Å². The zero-order valence-corrected chi connectivity index (χ0v) is 41.1. The Labute approximate surface area is 423 Å². The van der Waals surface area contributed by atoms with E-state index in [9.17, 15) is 0 Å². The molecule has 0 atom stereocenters. The zero-order chi connectivity index (χ0) is 48.6. The van der Waals surface area contributed by atoms with Gasteiger partial charge < -0.3 is 9.80 Å². The molecule has 0 spiro atoms. The highest BCUT2D eigenvalue weighted by atomic mass is 15.1. The molecular formula is C70H54N2. The van der Waals surface area contributed by atoms with E-state index in [1.54, 1.807) is 0 Å². The number of nitrogens with zero attached hydrogens (tertiary/aromatic N) is 2. The maximum Gasteiger partial charge on any atom is 0.0540 e. The molecule has 2 aliphatic carbocycles. The smallest absolute Gasteiger partial charge is 0.0540 e. The molecule has 0 radical (unpaired) electrons. The Morgan fingerprint density at radius 1 is 0.292 bits per heavy atom. The van der Waals surface area contributed by atoms with Crippen LogP contribution in [0.3, 0.4) is 0 Å². The molecule has 13 rings (SSSR count). The third-order valence-electron chi connectivity index (χ3n) is 15.6. The van der Waals surface area contributed by atoms with Gasteiger partial charge in [0.1, 0.15) is 0 Å². The molecule has 2 nitrogen and oxygen atoms in total. The average molecular weight is 923 g/mol. The van der Waals surface area contributed by atoms with E-state index in [0.29, 0.717) is 0 Å². The summed E-state index contributed by atoms with van der Waals surface area (Å²) < 4.78 is 0. The summed E-state index contributed by atoms with van der Waals surface area (Å²) in [6, 6.07) is 89.4. The van der Waals surface area contributed by atoms with Crippen LogP contribution in [0.25, 0.3) is 67.1 Å². The molecule has 0 bridgehead atoms. The number of hydrogen-bond donors (Lipinski definition) is 0. The van der Waals surface area contributed by atoms with Gasteiger partial charge in [0.15, 0.2) is 0 Å². The van der Waals surface area contributed by atoms with Gasteiger partial charge in [0.2, 0.25) is 0 Å². The van der Waals surface area contributed by atoms with E-state index in [0.717, 1.165) is 45.3 Å². The maximum atomic E-state index is 2.45. The van der Waals surface area contributed by atoms with Gasteiger partial charge >= 0.3 is 0 Å². The summed E-state index contributed by atoms with van der Waals surface area (Å²) in [6.07, 6.45) is 4.41. The van der Waals surface area contributed by atoms with Crippen LogP contribution in [-0.4, -0.2) is 0 Å². The summed E-state index contributed by atoms with van der Waals surface area (Å²) in [6.45, 7) is 9.46. The minimum Gasteiger partial charge on any atom is -0.310 e. The van der Waals surface area contributed by atoms with Gasteiger partial charge in [-0.25, -0.2) is 0 Å². The summed E-state index contributed by atoms with van der Waals surface area (Å²) in [5.74, 6) is 0. The zero-order valence-electron chi connectivity index (χ0n) is 41.1. The SMILES string of the molecule is CC1(C)c2ccccc2-c2ccc(N(c3ccc(-c4ccc(C=Cc5ccc(N(c6ccc7ccccc7c6)c6cccc7ccccc67)cc5)cc4)cc3)c3ccc4c(c3)C(C)(C)c3ccccc3-4)cc21. The number of benzene rings is 11. The van der Waals surface area contributed by atoms with Crippen LogP contribution in [0.15, 0.2) is 243 Å². The Hall–Kier alpha value is -8.72. The molecule has 0 heterocycles. The normalized spacial score (nSPS) is 13.7. The molecule has 11 aromatic rings. The second kappa shape index (κ2) is 17.0. The Morgan fingerprint density at radius 3 is 1.32 bits per heavy atom. The molecule has 0 saturated carbocycles. The minimum absolute atomic E-state index is 0.107. The predicted molar refractivity (Wildman–Crippen MR) is 307 cm³/mol. The van der Waals surface area contributed by atoms with E-state index in [1.165, 1.54) is 77.2 Å². The van der Waals surface area contributed by atoms with E-state index in [-0.39, 0.29) is 10.8 Å². The molecule has 72 heavy (non-hydrogen) atoms. The predicted octanol–water partition coefficient (Wildman–Crippen LogP) is 19.4. The van der Waals surface area contributed by atoms with Gasteiger partial charge in [-0.3, -0.25) is 0 Å². The van der Waals surface area contributed by atoms with E-state index >= 15 is 0 Å². The molecule has 344 valence electrons. The van der Waals surface area contributed by atoms with Gasteiger partial charge in [-0.2, -0.15) is 0 Å².